The van der Waals surface area contributed by atoms with E-state index in [1.54, 1.807) is 31.2 Å². The van der Waals surface area contributed by atoms with Crippen LogP contribution in [0, 0.1) is 12.7 Å². The Hall–Kier alpha value is -2.99. The molecule has 0 saturated heterocycles. The van der Waals surface area contributed by atoms with Crippen molar-refractivity contribution >= 4 is 23.5 Å². The molecule has 1 heterocycles. The highest BCUT2D eigenvalue weighted by Gasteiger charge is 2.11. The van der Waals surface area contributed by atoms with Gasteiger partial charge >= 0.3 is 0 Å². The van der Waals surface area contributed by atoms with E-state index in [1.165, 1.54) is 12.1 Å². The summed E-state index contributed by atoms with van der Waals surface area (Å²) < 4.78 is 13.0. The van der Waals surface area contributed by atoms with E-state index >= 15 is 0 Å². The highest BCUT2D eigenvalue weighted by atomic mass is 35.5. The lowest BCUT2D eigenvalue weighted by atomic mass is 10.1. The van der Waals surface area contributed by atoms with Crippen LogP contribution in [-0.4, -0.2) is 22.4 Å². The quantitative estimate of drug-likeness (QED) is 0.627. The van der Waals surface area contributed by atoms with Crippen molar-refractivity contribution in [1.82, 2.24) is 15.3 Å². The third-order valence-electron chi connectivity index (χ3n) is 4.09. The number of rotatable bonds is 7. The Labute approximate surface area is 168 Å². The lowest BCUT2D eigenvalue weighted by Crippen LogP contribution is -2.25. The maximum absolute atomic E-state index is 13.0. The molecule has 28 heavy (non-hydrogen) atoms. The predicted molar refractivity (Wildman–Crippen MR) is 108 cm³/mol. The van der Waals surface area contributed by atoms with E-state index in [0.717, 1.165) is 11.1 Å². The number of hydrogen-bond acceptors (Lipinski definition) is 4. The van der Waals surface area contributed by atoms with Gasteiger partial charge in [-0.15, -0.1) is 0 Å². The fraction of sp³-hybridized carbons (Fsp3) is 0.190. The Morgan fingerprint density at radius 3 is 2.61 bits per heavy atom. The van der Waals surface area contributed by atoms with Crippen LogP contribution in [0.1, 0.15) is 27.3 Å². The number of halogens is 2. The van der Waals surface area contributed by atoms with Crippen molar-refractivity contribution in [2.24, 2.45) is 0 Å². The first-order valence-corrected chi connectivity index (χ1v) is 9.24. The van der Waals surface area contributed by atoms with Crippen molar-refractivity contribution in [2.45, 2.75) is 19.9 Å². The molecular weight excluding hydrogens is 379 g/mol. The van der Waals surface area contributed by atoms with Crippen LogP contribution in [0.3, 0.4) is 0 Å². The number of nitrogens with one attached hydrogen (secondary N) is 2. The van der Waals surface area contributed by atoms with Crippen LogP contribution in [0.5, 0.6) is 0 Å². The number of carbonyl (C=O) groups excluding carboxylic acids is 1. The monoisotopic (exact) mass is 398 g/mol. The molecular formula is C21H20ClFN4O. The van der Waals surface area contributed by atoms with E-state index in [2.05, 4.69) is 20.6 Å². The highest BCUT2D eigenvalue weighted by molar-refractivity contribution is 6.31. The summed E-state index contributed by atoms with van der Waals surface area (Å²) in [7, 11) is 0. The van der Waals surface area contributed by atoms with Crippen molar-refractivity contribution in [1.29, 1.82) is 0 Å². The van der Waals surface area contributed by atoms with Gasteiger partial charge in [-0.25, -0.2) is 14.4 Å². The summed E-state index contributed by atoms with van der Waals surface area (Å²) >= 11 is 6.11. The minimum atomic E-state index is -0.299. The standard InChI is InChI=1S/C21H20ClFN4O/c1-14-12-19(20(28)25-13-16-4-2-3-5-18(16)22)27-21(26-14)24-11-10-15-6-8-17(23)9-7-15/h2-9,12H,10-11,13H2,1H3,(H,25,28)(H,24,26,27). The fourth-order valence-electron chi connectivity index (χ4n) is 2.64. The van der Waals surface area contributed by atoms with E-state index in [4.69, 9.17) is 11.6 Å². The molecule has 0 atom stereocenters. The Balaban J connectivity index is 1.59. The highest BCUT2D eigenvalue weighted by Crippen LogP contribution is 2.14. The SMILES string of the molecule is Cc1cc(C(=O)NCc2ccccc2Cl)nc(NCCc2ccc(F)cc2)n1. The van der Waals surface area contributed by atoms with Gasteiger partial charge in [0.25, 0.3) is 5.91 Å². The number of amides is 1. The molecule has 5 nitrogen and oxygen atoms in total. The average molecular weight is 399 g/mol. The third kappa shape index (κ3) is 5.50. The Morgan fingerprint density at radius 2 is 1.86 bits per heavy atom. The minimum Gasteiger partial charge on any atom is -0.354 e. The zero-order valence-corrected chi connectivity index (χ0v) is 16.1. The molecule has 0 bridgehead atoms. The number of aromatic nitrogens is 2. The molecule has 0 radical (unpaired) electrons. The molecule has 2 N–H and O–H groups in total. The fourth-order valence-corrected chi connectivity index (χ4v) is 2.84. The lowest BCUT2D eigenvalue weighted by molar-refractivity contribution is 0.0945. The van der Waals surface area contributed by atoms with Crippen LogP contribution in [0.2, 0.25) is 5.02 Å². The average Bonchev–Trinajstić information content (AvgIpc) is 2.68. The maximum Gasteiger partial charge on any atom is 0.270 e. The summed E-state index contributed by atoms with van der Waals surface area (Å²) in [6.45, 7) is 2.68. The van der Waals surface area contributed by atoms with E-state index in [1.807, 2.05) is 18.2 Å². The second-order valence-electron chi connectivity index (χ2n) is 6.30. The molecule has 0 aliphatic heterocycles. The van der Waals surface area contributed by atoms with Gasteiger partial charge in [0.1, 0.15) is 11.5 Å². The summed E-state index contributed by atoms with van der Waals surface area (Å²) in [5, 5.41) is 6.53. The van der Waals surface area contributed by atoms with Crippen LogP contribution >= 0.6 is 11.6 Å². The van der Waals surface area contributed by atoms with Crippen LogP contribution in [0.25, 0.3) is 0 Å². The minimum absolute atomic E-state index is 0.258. The number of benzene rings is 2. The summed E-state index contributed by atoms with van der Waals surface area (Å²) in [4.78, 5) is 21.1. The second-order valence-corrected chi connectivity index (χ2v) is 6.70. The largest absolute Gasteiger partial charge is 0.354 e. The normalized spacial score (nSPS) is 10.5. The first-order valence-electron chi connectivity index (χ1n) is 8.87. The van der Waals surface area contributed by atoms with Gasteiger partial charge < -0.3 is 10.6 Å². The van der Waals surface area contributed by atoms with E-state index in [9.17, 15) is 9.18 Å². The molecule has 0 fully saturated rings. The van der Waals surface area contributed by atoms with Crippen LogP contribution in [0.15, 0.2) is 54.6 Å². The first-order chi connectivity index (χ1) is 13.5. The third-order valence-corrected chi connectivity index (χ3v) is 4.46. The molecule has 0 aliphatic carbocycles. The molecule has 0 spiro atoms. The molecule has 0 aliphatic rings. The van der Waals surface area contributed by atoms with Crippen molar-refractivity contribution in [2.75, 3.05) is 11.9 Å². The Morgan fingerprint density at radius 1 is 1.11 bits per heavy atom. The molecule has 7 heteroatoms. The van der Waals surface area contributed by atoms with Gasteiger partial charge in [-0.2, -0.15) is 0 Å². The van der Waals surface area contributed by atoms with E-state index in [-0.39, 0.29) is 17.4 Å². The molecule has 1 amide bonds. The van der Waals surface area contributed by atoms with Gasteiger partial charge in [-0.1, -0.05) is 41.9 Å². The Kier molecular flexibility index (Phi) is 6.55. The van der Waals surface area contributed by atoms with Gasteiger partial charge in [-0.3, -0.25) is 4.79 Å². The van der Waals surface area contributed by atoms with Gasteiger partial charge in [0.05, 0.1) is 0 Å². The summed E-state index contributed by atoms with van der Waals surface area (Å²) in [5.74, 6) is -0.178. The maximum atomic E-state index is 13.0. The number of carbonyl (C=O) groups is 1. The Bertz CT molecular complexity index is 963. The molecule has 0 unspecified atom stereocenters. The van der Waals surface area contributed by atoms with E-state index in [0.29, 0.717) is 36.2 Å². The van der Waals surface area contributed by atoms with Crippen LogP contribution < -0.4 is 10.6 Å². The number of hydrogen-bond donors (Lipinski definition) is 2. The second kappa shape index (κ2) is 9.28. The van der Waals surface area contributed by atoms with Gasteiger partial charge in [-0.05, 0) is 48.7 Å². The van der Waals surface area contributed by atoms with Crippen molar-refractivity contribution in [3.63, 3.8) is 0 Å². The molecule has 1 aromatic heterocycles. The molecule has 2 aromatic carbocycles. The van der Waals surface area contributed by atoms with Gasteiger partial charge in [0, 0.05) is 23.8 Å². The lowest BCUT2D eigenvalue weighted by Gasteiger charge is -2.10. The zero-order valence-electron chi connectivity index (χ0n) is 15.4. The number of aryl methyl sites for hydroxylation is 1. The van der Waals surface area contributed by atoms with Gasteiger partial charge in [0.2, 0.25) is 5.95 Å². The summed E-state index contributed by atoms with van der Waals surface area (Å²) in [6, 6.07) is 15.3. The van der Waals surface area contributed by atoms with Crippen molar-refractivity contribution in [3.05, 3.63) is 88.0 Å². The number of nitrogens with zero attached hydrogens (tertiary/aromatic N) is 2. The van der Waals surface area contributed by atoms with E-state index < -0.39 is 0 Å². The van der Waals surface area contributed by atoms with Crippen molar-refractivity contribution < 1.29 is 9.18 Å². The molecule has 3 aromatic rings. The predicted octanol–water partition coefficient (Wildman–Crippen LogP) is 4.16. The smallest absolute Gasteiger partial charge is 0.270 e. The summed E-state index contributed by atoms with van der Waals surface area (Å²) in [6.07, 6.45) is 0.686. The van der Waals surface area contributed by atoms with Crippen LogP contribution in [0.4, 0.5) is 10.3 Å². The first kappa shape index (κ1) is 19.8. The van der Waals surface area contributed by atoms with Crippen LogP contribution in [-0.2, 0) is 13.0 Å². The zero-order chi connectivity index (χ0) is 19.9. The molecule has 144 valence electrons. The summed E-state index contributed by atoms with van der Waals surface area (Å²) in [5.41, 5.74) is 2.80. The molecule has 0 saturated carbocycles. The molecule has 3 rings (SSSR count). The van der Waals surface area contributed by atoms with Crippen molar-refractivity contribution in [3.8, 4) is 0 Å². The number of anilines is 1. The van der Waals surface area contributed by atoms with Gasteiger partial charge in [0.15, 0.2) is 0 Å². The topological polar surface area (TPSA) is 66.9 Å².